The Labute approximate surface area is 117 Å². The van der Waals surface area contributed by atoms with Gasteiger partial charge in [-0.15, -0.1) is 0 Å². The molecule has 1 fully saturated rings. The number of nitrogens with zero attached hydrogens (tertiary/aromatic N) is 1. The molecule has 1 N–H and O–H groups in total. The first-order valence-electron chi connectivity index (χ1n) is 7.95. The second kappa shape index (κ2) is 6.53. The van der Waals surface area contributed by atoms with Crippen molar-refractivity contribution in [3.63, 3.8) is 0 Å². The summed E-state index contributed by atoms with van der Waals surface area (Å²) in [5.74, 6) is 0. The molecule has 1 saturated heterocycles. The van der Waals surface area contributed by atoms with Crippen LogP contribution in [0.5, 0.6) is 0 Å². The lowest BCUT2D eigenvalue weighted by molar-refractivity contribution is 0.226. The Balaban J connectivity index is 1.49. The summed E-state index contributed by atoms with van der Waals surface area (Å²) in [5, 5.41) is 3.47. The SMILES string of the molecule is c1cc2c(cc1CCCN1CCCCC1)CNCC2. The molecule has 0 radical (unpaired) electrons. The van der Waals surface area contributed by atoms with Crippen molar-refractivity contribution in [3.8, 4) is 0 Å². The number of hydrogen-bond donors (Lipinski definition) is 1. The zero-order valence-electron chi connectivity index (χ0n) is 12.0. The van der Waals surface area contributed by atoms with Crippen LogP contribution < -0.4 is 5.32 Å². The van der Waals surface area contributed by atoms with Crippen molar-refractivity contribution in [2.45, 2.75) is 45.1 Å². The van der Waals surface area contributed by atoms with Crippen LogP contribution in [-0.4, -0.2) is 31.1 Å². The number of nitrogens with one attached hydrogen (secondary N) is 1. The van der Waals surface area contributed by atoms with Crippen LogP contribution in [0.4, 0.5) is 0 Å². The second-order valence-electron chi connectivity index (χ2n) is 6.04. The topological polar surface area (TPSA) is 15.3 Å². The van der Waals surface area contributed by atoms with Crippen molar-refractivity contribution in [1.82, 2.24) is 10.2 Å². The molecule has 1 aromatic rings. The number of fused-ring (bicyclic) bond motifs is 1. The summed E-state index contributed by atoms with van der Waals surface area (Å²) >= 11 is 0. The quantitative estimate of drug-likeness (QED) is 0.893. The maximum Gasteiger partial charge on any atom is 0.0208 e. The third-order valence-electron chi connectivity index (χ3n) is 4.55. The molecule has 0 aliphatic carbocycles. The molecule has 2 nitrogen and oxygen atoms in total. The molecule has 0 aromatic heterocycles. The van der Waals surface area contributed by atoms with Crippen LogP contribution in [0.15, 0.2) is 18.2 Å². The summed E-state index contributed by atoms with van der Waals surface area (Å²) in [4.78, 5) is 2.64. The van der Waals surface area contributed by atoms with Gasteiger partial charge in [0.1, 0.15) is 0 Å². The minimum absolute atomic E-state index is 1.06. The van der Waals surface area contributed by atoms with E-state index in [0.29, 0.717) is 0 Å². The van der Waals surface area contributed by atoms with E-state index >= 15 is 0 Å². The monoisotopic (exact) mass is 258 g/mol. The van der Waals surface area contributed by atoms with Crippen molar-refractivity contribution >= 4 is 0 Å². The highest BCUT2D eigenvalue weighted by Gasteiger charge is 2.11. The van der Waals surface area contributed by atoms with Gasteiger partial charge in [-0.25, -0.2) is 0 Å². The van der Waals surface area contributed by atoms with Gasteiger partial charge in [-0.05, 0) is 75.0 Å². The molecule has 0 unspecified atom stereocenters. The Morgan fingerprint density at radius 1 is 1.05 bits per heavy atom. The summed E-state index contributed by atoms with van der Waals surface area (Å²) in [6.07, 6.45) is 8.00. The Hall–Kier alpha value is -0.860. The molecule has 2 aliphatic heterocycles. The van der Waals surface area contributed by atoms with Crippen LogP contribution in [0.25, 0.3) is 0 Å². The first-order chi connectivity index (χ1) is 9.42. The fourth-order valence-corrected chi connectivity index (χ4v) is 3.38. The van der Waals surface area contributed by atoms with Crippen LogP contribution in [0.3, 0.4) is 0 Å². The molecular weight excluding hydrogens is 232 g/mol. The van der Waals surface area contributed by atoms with Crippen LogP contribution >= 0.6 is 0 Å². The molecule has 2 heterocycles. The van der Waals surface area contributed by atoms with E-state index in [4.69, 9.17) is 0 Å². The van der Waals surface area contributed by atoms with E-state index in [0.717, 1.165) is 13.1 Å². The van der Waals surface area contributed by atoms with E-state index in [2.05, 4.69) is 28.4 Å². The van der Waals surface area contributed by atoms with Gasteiger partial charge < -0.3 is 10.2 Å². The van der Waals surface area contributed by atoms with E-state index < -0.39 is 0 Å². The van der Waals surface area contributed by atoms with Crippen LogP contribution in [0, 0.1) is 0 Å². The molecule has 0 spiro atoms. The molecule has 2 heteroatoms. The van der Waals surface area contributed by atoms with Crippen LogP contribution in [0.1, 0.15) is 42.4 Å². The molecule has 104 valence electrons. The van der Waals surface area contributed by atoms with Gasteiger partial charge in [0, 0.05) is 6.54 Å². The zero-order chi connectivity index (χ0) is 12.9. The van der Waals surface area contributed by atoms with Crippen molar-refractivity contribution in [2.24, 2.45) is 0 Å². The normalized spacial score (nSPS) is 20.2. The lowest BCUT2D eigenvalue weighted by Gasteiger charge is -2.26. The first-order valence-corrected chi connectivity index (χ1v) is 7.95. The lowest BCUT2D eigenvalue weighted by Crippen LogP contribution is -2.30. The highest BCUT2D eigenvalue weighted by molar-refractivity contribution is 5.33. The van der Waals surface area contributed by atoms with E-state index in [1.54, 1.807) is 5.56 Å². The highest BCUT2D eigenvalue weighted by atomic mass is 15.1. The van der Waals surface area contributed by atoms with Crippen molar-refractivity contribution < 1.29 is 0 Å². The number of likely N-dealkylation sites (tertiary alicyclic amines) is 1. The third-order valence-corrected chi connectivity index (χ3v) is 4.55. The molecule has 0 bridgehead atoms. The largest absolute Gasteiger partial charge is 0.312 e. The summed E-state index contributed by atoms with van der Waals surface area (Å²) < 4.78 is 0. The highest BCUT2D eigenvalue weighted by Crippen LogP contribution is 2.17. The average Bonchev–Trinajstić information content (AvgIpc) is 2.48. The maximum atomic E-state index is 3.47. The van der Waals surface area contributed by atoms with Gasteiger partial charge >= 0.3 is 0 Å². The number of hydrogen-bond acceptors (Lipinski definition) is 2. The predicted molar refractivity (Wildman–Crippen MR) is 80.5 cm³/mol. The fourth-order valence-electron chi connectivity index (χ4n) is 3.38. The number of rotatable bonds is 4. The van der Waals surface area contributed by atoms with Gasteiger partial charge in [0.2, 0.25) is 0 Å². The van der Waals surface area contributed by atoms with Gasteiger partial charge in [-0.3, -0.25) is 0 Å². The molecule has 1 aromatic carbocycles. The number of piperidine rings is 1. The Kier molecular flexibility index (Phi) is 4.52. The lowest BCUT2D eigenvalue weighted by atomic mass is 9.97. The second-order valence-corrected chi connectivity index (χ2v) is 6.04. The summed E-state index contributed by atoms with van der Waals surface area (Å²) in [5.41, 5.74) is 4.61. The van der Waals surface area contributed by atoms with Gasteiger partial charge in [0.25, 0.3) is 0 Å². The summed E-state index contributed by atoms with van der Waals surface area (Å²) in [6.45, 7) is 6.15. The van der Waals surface area contributed by atoms with E-state index in [-0.39, 0.29) is 0 Å². The van der Waals surface area contributed by atoms with E-state index in [9.17, 15) is 0 Å². The molecular formula is C17H26N2. The molecule has 0 atom stereocenters. The molecule has 0 amide bonds. The van der Waals surface area contributed by atoms with E-state index in [1.807, 2.05) is 0 Å². The molecule has 19 heavy (non-hydrogen) atoms. The molecule has 3 rings (SSSR count). The smallest absolute Gasteiger partial charge is 0.0208 e. The van der Waals surface area contributed by atoms with Crippen LogP contribution in [-0.2, 0) is 19.4 Å². The minimum Gasteiger partial charge on any atom is -0.312 e. The van der Waals surface area contributed by atoms with Gasteiger partial charge in [-0.2, -0.15) is 0 Å². The minimum atomic E-state index is 1.06. The third kappa shape index (κ3) is 3.58. The zero-order valence-corrected chi connectivity index (χ0v) is 12.0. The van der Waals surface area contributed by atoms with Gasteiger partial charge in [0.15, 0.2) is 0 Å². The Morgan fingerprint density at radius 2 is 1.95 bits per heavy atom. The Bertz CT molecular complexity index is 408. The summed E-state index contributed by atoms with van der Waals surface area (Å²) in [7, 11) is 0. The van der Waals surface area contributed by atoms with Crippen molar-refractivity contribution in [3.05, 3.63) is 34.9 Å². The standard InChI is InChI=1S/C17H26N2/c1-2-10-19(11-3-1)12-4-5-15-6-7-16-8-9-18-14-17(16)13-15/h6-7,13,18H,1-5,8-12,14H2. The van der Waals surface area contributed by atoms with Crippen molar-refractivity contribution in [2.75, 3.05) is 26.2 Å². The average molecular weight is 258 g/mol. The van der Waals surface area contributed by atoms with Gasteiger partial charge in [0.05, 0.1) is 0 Å². The first kappa shape index (κ1) is 13.1. The Morgan fingerprint density at radius 3 is 2.84 bits per heavy atom. The van der Waals surface area contributed by atoms with E-state index in [1.165, 1.54) is 69.3 Å². The van der Waals surface area contributed by atoms with Crippen LogP contribution in [0.2, 0.25) is 0 Å². The number of benzene rings is 1. The maximum absolute atomic E-state index is 3.47. The fraction of sp³-hybridized carbons (Fsp3) is 0.647. The van der Waals surface area contributed by atoms with Crippen molar-refractivity contribution in [1.29, 1.82) is 0 Å². The summed E-state index contributed by atoms with van der Waals surface area (Å²) in [6, 6.07) is 7.13. The van der Waals surface area contributed by atoms with Gasteiger partial charge in [-0.1, -0.05) is 24.6 Å². The molecule has 2 aliphatic rings. The predicted octanol–water partition coefficient (Wildman–Crippen LogP) is 2.75. The number of aryl methyl sites for hydroxylation is 1. The molecule has 0 saturated carbocycles.